The Morgan fingerprint density at radius 3 is 1.22 bits per heavy atom. The number of hydrogen-bond acceptors (Lipinski definition) is 0. The molecule has 0 spiro atoms. The molecule has 0 amide bonds. The van der Waals surface area contributed by atoms with Crippen molar-refractivity contribution in [3.63, 3.8) is 0 Å². The molecule has 0 N–H and O–H groups in total. The van der Waals surface area contributed by atoms with E-state index in [1.54, 1.807) is 0 Å². The number of halogens is 3. The van der Waals surface area contributed by atoms with Crippen LogP contribution in [0, 0.1) is 0 Å². The van der Waals surface area contributed by atoms with E-state index in [4.69, 9.17) is 0 Å². The van der Waals surface area contributed by atoms with Crippen LogP contribution in [0.1, 0.15) is 4.28 Å². The maximum absolute atomic E-state index is 10.7. The summed E-state index contributed by atoms with van der Waals surface area (Å²) in [4.78, 5) is 0. The first-order valence-corrected chi connectivity index (χ1v) is 1.40. The zero-order chi connectivity index (χ0) is 5.21. The van der Waals surface area contributed by atoms with Gasteiger partial charge >= 0.3 is 161 Å². The zero-order valence-electron chi connectivity index (χ0n) is 9.00. The standard InChI is InChI=1S/C2H3BF3.3K.3H/c1-2-3(4,5)6;;;;;;/h2H,1H2;;;;;;/q-1;3*+1;3*-1. The Bertz CT molecular complexity index is 72.3. The van der Waals surface area contributed by atoms with Crippen LogP contribution in [-0.2, 0) is 0 Å². The molecule has 0 fully saturated rings. The van der Waals surface area contributed by atoms with E-state index in [0.717, 1.165) is 0 Å². The molecular weight excluding hydrogens is 209 g/mol. The molecule has 0 heterocycles. The largest absolute Gasteiger partial charge is 1.00 e. The number of hydrogen-bond donors (Lipinski definition) is 0. The molecule has 0 aliphatic rings. The zero-order valence-corrected chi connectivity index (χ0v) is 15.4. The predicted octanol–water partition coefficient (Wildman–Crippen LogP) is -7.09. The smallest absolute Gasteiger partial charge is 1.00 e. The Labute approximate surface area is 185 Å². The SMILES string of the molecule is C=C[B-](F)(F)F.[H-].[H-].[H-].[K+].[K+].[K+]. The normalized spacial score (nSPS) is 7.44. The molecule has 0 aromatic heterocycles. The van der Waals surface area contributed by atoms with Gasteiger partial charge in [0.2, 0.25) is 0 Å². The fourth-order valence-electron chi connectivity index (χ4n) is 0. The molecule has 0 rings (SSSR count). The van der Waals surface area contributed by atoms with E-state index in [1.165, 1.54) is 0 Å². The first-order valence-electron chi connectivity index (χ1n) is 1.40. The molecule has 0 aromatic carbocycles. The summed E-state index contributed by atoms with van der Waals surface area (Å²) in [6.07, 6.45) is 0. The molecule has 0 aliphatic carbocycles. The van der Waals surface area contributed by atoms with Crippen LogP contribution in [0.4, 0.5) is 12.9 Å². The molecule has 0 bridgehead atoms. The van der Waals surface area contributed by atoms with Crippen LogP contribution in [0.15, 0.2) is 12.6 Å². The predicted molar refractivity (Wildman–Crippen MR) is 22.6 cm³/mol. The second-order valence-electron chi connectivity index (χ2n) is 0.861. The molecule has 9 heavy (non-hydrogen) atoms. The molecular formula is C2H6BF3K3-. The van der Waals surface area contributed by atoms with E-state index in [1.807, 2.05) is 0 Å². The minimum atomic E-state index is -4.72. The van der Waals surface area contributed by atoms with E-state index in [-0.39, 0.29) is 164 Å². The molecule has 0 radical (unpaired) electrons. The van der Waals surface area contributed by atoms with Gasteiger partial charge in [-0.3, -0.25) is 0 Å². The van der Waals surface area contributed by atoms with Crippen molar-refractivity contribution < 1.29 is 171 Å². The van der Waals surface area contributed by atoms with Crippen molar-refractivity contribution in [1.82, 2.24) is 0 Å². The van der Waals surface area contributed by atoms with Crippen LogP contribution in [-0.4, -0.2) is 6.98 Å². The molecule has 0 atom stereocenters. The third-order valence-electron chi connectivity index (χ3n) is 0.267. The molecule has 42 valence electrons. The minimum Gasteiger partial charge on any atom is -1.00 e. The van der Waals surface area contributed by atoms with Gasteiger partial charge in [-0.15, -0.1) is 6.58 Å². The summed E-state index contributed by atoms with van der Waals surface area (Å²) in [6, 6.07) is 0. The van der Waals surface area contributed by atoms with Gasteiger partial charge < -0.3 is 17.2 Å². The van der Waals surface area contributed by atoms with Gasteiger partial charge in [0.05, 0.1) is 0 Å². The van der Waals surface area contributed by atoms with Crippen LogP contribution >= 0.6 is 0 Å². The summed E-state index contributed by atoms with van der Waals surface area (Å²) < 4.78 is 32.2. The second-order valence-corrected chi connectivity index (χ2v) is 0.861. The summed E-state index contributed by atoms with van der Waals surface area (Å²) >= 11 is 0. The Hall–Kier alpha value is 4.50. The van der Waals surface area contributed by atoms with Crippen LogP contribution < -0.4 is 154 Å². The van der Waals surface area contributed by atoms with Gasteiger partial charge in [-0.05, 0) is 0 Å². The Morgan fingerprint density at radius 1 is 1.11 bits per heavy atom. The summed E-state index contributed by atoms with van der Waals surface area (Å²) in [5.41, 5.74) is 0. The minimum absolute atomic E-state index is 0. The van der Waals surface area contributed by atoms with Gasteiger partial charge in [0.1, 0.15) is 0 Å². The second kappa shape index (κ2) is 12.5. The van der Waals surface area contributed by atoms with Gasteiger partial charge in [-0.25, -0.2) is 0 Å². The van der Waals surface area contributed by atoms with Gasteiger partial charge in [0.25, 0.3) is 0 Å². The average Bonchev–Trinajstić information content (AvgIpc) is 1.35. The molecule has 0 saturated carbocycles. The maximum atomic E-state index is 10.7. The topological polar surface area (TPSA) is 0 Å². The monoisotopic (exact) mass is 215 g/mol. The quantitative estimate of drug-likeness (QED) is 0.381. The van der Waals surface area contributed by atoms with Crippen LogP contribution in [0.5, 0.6) is 0 Å². The summed E-state index contributed by atoms with van der Waals surface area (Å²) in [6.45, 7) is -2.19. The third kappa shape index (κ3) is 24.5. The molecule has 0 unspecified atom stereocenters. The van der Waals surface area contributed by atoms with E-state index >= 15 is 0 Å². The van der Waals surface area contributed by atoms with E-state index < -0.39 is 6.98 Å². The Balaban J connectivity index is -0.00000000833. The van der Waals surface area contributed by atoms with Gasteiger partial charge in [0.15, 0.2) is 0 Å². The van der Waals surface area contributed by atoms with Crippen molar-refractivity contribution in [1.29, 1.82) is 0 Å². The Morgan fingerprint density at radius 2 is 1.22 bits per heavy atom. The van der Waals surface area contributed by atoms with Crippen LogP contribution in [0.25, 0.3) is 0 Å². The van der Waals surface area contributed by atoms with Crippen molar-refractivity contribution in [2.24, 2.45) is 0 Å². The molecule has 0 aromatic rings. The van der Waals surface area contributed by atoms with Crippen molar-refractivity contribution >= 4 is 6.98 Å². The van der Waals surface area contributed by atoms with Crippen LogP contribution in [0.3, 0.4) is 0 Å². The average molecular weight is 215 g/mol. The summed E-state index contributed by atoms with van der Waals surface area (Å²) in [5.74, 6) is 0. The fraction of sp³-hybridized carbons (Fsp3) is 0. The molecule has 0 aliphatic heterocycles. The van der Waals surface area contributed by atoms with E-state index in [0.29, 0.717) is 0 Å². The molecule has 0 saturated heterocycles. The van der Waals surface area contributed by atoms with Crippen molar-refractivity contribution in [3.05, 3.63) is 12.6 Å². The third-order valence-corrected chi connectivity index (χ3v) is 0.267. The maximum Gasteiger partial charge on any atom is 1.00 e. The van der Waals surface area contributed by atoms with Gasteiger partial charge in [-0.1, -0.05) is 0 Å². The van der Waals surface area contributed by atoms with Gasteiger partial charge in [-0.2, -0.15) is 5.98 Å². The first kappa shape index (κ1) is 23.4. The van der Waals surface area contributed by atoms with E-state index in [2.05, 4.69) is 6.58 Å². The summed E-state index contributed by atoms with van der Waals surface area (Å²) in [5, 5.41) is 0. The van der Waals surface area contributed by atoms with Crippen molar-refractivity contribution in [2.75, 3.05) is 0 Å². The molecule has 7 heteroatoms. The van der Waals surface area contributed by atoms with E-state index in [9.17, 15) is 12.9 Å². The fourth-order valence-corrected chi connectivity index (χ4v) is 0. The van der Waals surface area contributed by atoms with Crippen LogP contribution in [0.2, 0.25) is 0 Å². The van der Waals surface area contributed by atoms with Crippen molar-refractivity contribution in [3.8, 4) is 0 Å². The Kier molecular flexibility index (Phi) is 32.5. The first-order chi connectivity index (χ1) is 2.56. The number of rotatable bonds is 1. The van der Waals surface area contributed by atoms with Gasteiger partial charge in [0, 0.05) is 0 Å². The molecule has 0 nitrogen and oxygen atoms in total. The summed E-state index contributed by atoms with van der Waals surface area (Å²) in [7, 11) is 0. The van der Waals surface area contributed by atoms with Crippen molar-refractivity contribution in [2.45, 2.75) is 0 Å².